The fraction of sp³-hybridized carbons (Fsp3) is 0.263. The van der Waals surface area contributed by atoms with E-state index in [4.69, 9.17) is 10.6 Å². The number of carbonyl (C=O) groups is 1. The Morgan fingerprint density at radius 1 is 1.08 bits per heavy atom. The highest BCUT2D eigenvalue weighted by atomic mass is 32.2. The zero-order valence-electron chi connectivity index (χ0n) is 14.1. The quantitative estimate of drug-likeness (QED) is 0.355. The highest BCUT2D eigenvalue weighted by molar-refractivity contribution is 8.00. The lowest BCUT2D eigenvalue weighted by molar-refractivity contribution is -0.112. The van der Waals surface area contributed by atoms with E-state index in [1.165, 1.54) is 23.5 Å². The summed E-state index contributed by atoms with van der Waals surface area (Å²) in [7, 11) is 1.61. The highest BCUT2D eigenvalue weighted by Crippen LogP contribution is 2.36. The number of ketones is 1. The number of methoxy groups -OCH3 is 1. The minimum absolute atomic E-state index is 0.138. The zero-order chi connectivity index (χ0) is 17.5. The number of nitrogens with zero attached hydrogens (tertiary/aromatic N) is 1. The molecule has 2 aromatic rings. The predicted molar refractivity (Wildman–Crippen MR) is 99.8 cm³/mol. The minimum atomic E-state index is -0.395. The summed E-state index contributed by atoms with van der Waals surface area (Å²) in [5.74, 6) is 6.25. The lowest BCUT2D eigenvalue weighted by Crippen LogP contribution is -2.11. The van der Waals surface area contributed by atoms with Crippen molar-refractivity contribution in [2.45, 2.75) is 29.9 Å². The first-order valence-electron chi connectivity index (χ1n) is 7.72. The van der Waals surface area contributed by atoms with Gasteiger partial charge >= 0.3 is 0 Å². The van der Waals surface area contributed by atoms with Crippen molar-refractivity contribution in [2.24, 2.45) is 10.9 Å². The maximum absolute atomic E-state index is 12.4. The summed E-state index contributed by atoms with van der Waals surface area (Å²) < 4.78 is 5.17. The van der Waals surface area contributed by atoms with Crippen molar-refractivity contribution in [3.63, 3.8) is 0 Å². The molecule has 5 heteroatoms. The summed E-state index contributed by atoms with van der Waals surface area (Å²) in [4.78, 5) is 13.4. The van der Waals surface area contributed by atoms with Gasteiger partial charge in [-0.1, -0.05) is 38.1 Å². The lowest BCUT2D eigenvalue weighted by Gasteiger charge is -2.15. The van der Waals surface area contributed by atoms with E-state index in [1.54, 1.807) is 7.11 Å². The van der Waals surface area contributed by atoms with Crippen LogP contribution in [0.25, 0.3) is 0 Å². The van der Waals surface area contributed by atoms with Crippen molar-refractivity contribution in [3.05, 3.63) is 59.7 Å². The lowest BCUT2D eigenvalue weighted by atomic mass is 10.0. The Balaban J connectivity index is 2.26. The van der Waals surface area contributed by atoms with Gasteiger partial charge in [0.05, 0.1) is 18.6 Å². The molecule has 0 radical (unpaired) electrons. The van der Waals surface area contributed by atoms with E-state index < -0.39 is 5.25 Å². The maximum Gasteiger partial charge on any atom is 0.193 e. The summed E-state index contributed by atoms with van der Waals surface area (Å²) in [6.45, 7) is 4.31. The van der Waals surface area contributed by atoms with Gasteiger partial charge in [-0.3, -0.25) is 4.79 Å². The van der Waals surface area contributed by atoms with Crippen LogP contribution in [-0.2, 0) is 4.79 Å². The van der Waals surface area contributed by atoms with Gasteiger partial charge in [0.25, 0.3) is 0 Å². The number of Topliss-reactive ketones (excluding diaryl/α,β-unsaturated/α-hetero) is 1. The molecule has 24 heavy (non-hydrogen) atoms. The van der Waals surface area contributed by atoms with Crippen LogP contribution in [0, 0.1) is 0 Å². The molecular weight excluding hydrogens is 320 g/mol. The van der Waals surface area contributed by atoms with Crippen LogP contribution in [0.2, 0.25) is 0 Å². The molecule has 1 unspecified atom stereocenters. The first-order valence-corrected chi connectivity index (χ1v) is 8.60. The third kappa shape index (κ3) is 4.61. The van der Waals surface area contributed by atoms with E-state index in [-0.39, 0.29) is 5.78 Å². The van der Waals surface area contributed by atoms with E-state index >= 15 is 0 Å². The third-order valence-electron chi connectivity index (χ3n) is 3.68. The topological polar surface area (TPSA) is 64.7 Å². The Morgan fingerprint density at radius 3 is 2.17 bits per heavy atom. The number of carbonyl (C=O) groups excluding carboxylic acids is 1. The summed E-state index contributed by atoms with van der Waals surface area (Å²) in [5, 5.41) is 2.99. The first kappa shape index (κ1) is 18.1. The molecule has 0 saturated heterocycles. The Morgan fingerprint density at radius 2 is 1.67 bits per heavy atom. The van der Waals surface area contributed by atoms with Gasteiger partial charge in [0.2, 0.25) is 0 Å². The van der Waals surface area contributed by atoms with Gasteiger partial charge in [0.15, 0.2) is 5.78 Å². The number of thioether (sulfide) groups is 1. The van der Waals surface area contributed by atoms with Crippen molar-refractivity contribution in [2.75, 3.05) is 7.11 Å². The van der Waals surface area contributed by atoms with Crippen LogP contribution in [0.5, 0.6) is 5.75 Å². The number of nitrogens with two attached hydrogens (primary N) is 1. The van der Waals surface area contributed by atoms with Crippen LogP contribution < -0.4 is 10.6 Å². The van der Waals surface area contributed by atoms with Gasteiger partial charge in [-0.05, 0) is 41.3 Å². The number of benzene rings is 2. The number of hydrogen-bond donors (Lipinski definition) is 1. The van der Waals surface area contributed by atoms with E-state index in [2.05, 4.69) is 31.1 Å². The number of rotatable bonds is 7. The molecule has 0 aliphatic carbocycles. The van der Waals surface area contributed by atoms with Crippen LogP contribution in [0.3, 0.4) is 0 Å². The van der Waals surface area contributed by atoms with Crippen molar-refractivity contribution in [1.82, 2.24) is 0 Å². The second-order valence-electron chi connectivity index (χ2n) is 5.68. The molecule has 126 valence electrons. The van der Waals surface area contributed by atoms with E-state index in [1.807, 2.05) is 36.4 Å². The largest absolute Gasteiger partial charge is 0.497 e. The Labute approximate surface area is 147 Å². The summed E-state index contributed by atoms with van der Waals surface area (Å²) in [6, 6.07) is 15.8. The highest BCUT2D eigenvalue weighted by Gasteiger charge is 2.21. The van der Waals surface area contributed by atoms with Gasteiger partial charge in [-0.2, -0.15) is 5.10 Å². The summed E-state index contributed by atoms with van der Waals surface area (Å²) >= 11 is 1.49. The van der Waals surface area contributed by atoms with Crippen molar-refractivity contribution < 1.29 is 9.53 Å². The number of hydrazone groups is 1. The van der Waals surface area contributed by atoms with Gasteiger partial charge < -0.3 is 10.6 Å². The standard InChI is InChI=1S/C19H22N2O2S/c1-13(2)14-6-10-17(11-7-14)24-19(18(22)12-21-20)15-4-8-16(23-3)9-5-15/h4-13,19H,20H2,1-3H3. The van der Waals surface area contributed by atoms with Crippen LogP contribution in [0.15, 0.2) is 58.5 Å². The molecule has 0 heterocycles. The van der Waals surface area contributed by atoms with Crippen LogP contribution in [0.4, 0.5) is 0 Å². The molecule has 0 aliphatic rings. The second kappa shape index (κ2) is 8.55. The van der Waals surface area contributed by atoms with Gasteiger partial charge in [0, 0.05) is 4.90 Å². The fourth-order valence-corrected chi connectivity index (χ4v) is 3.31. The van der Waals surface area contributed by atoms with Gasteiger partial charge in [-0.25, -0.2) is 0 Å². The zero-order valence-corrected chi connectivity index (χ0v) is 14.9. The number of ether oxygens (including phenoxy) is 1. The predicted octanol–water partition coefficient (Wildman–Crippen LogP) is 4.17. The molecule has 4 nitrogen and oxygen atoms in total. The minimum Gasteiger partial charge on any atom is -0.497 e. The van der Waals surface area contributed by atoms with Gasteiger partial charge in [0.1, 0.15) is 5.75 Å². The smallest absolute Gasteiger partial charge is 0.193 e. The third-order valence-corrected chi connectivity index (χ3v) is 4.96. The molecule has 0 fully saturated rings. The molecule has 0 bridgehead atoms. The molecule has 2 aromatic carbocycles. The molecule has 0 aliphatic heterocycles. The fourth-order valence-electron chi connectivity index (χ4n) is 2.28. The van der Waals surface area contributed by atoms with Crippen molar-refractivity contribution >= 4 is 23.8 Å². The Hall–Kier alpha value is -2.27. The SMILES string of the molecule is COc1ccc(C(Sc2ccc(C(C)C)cc2)C(=O)C=NN)cc1. The molecule has 1 atom stereocenters. The van der Waals surface area contributed by atoms with Crippen molar-refractivity contribution in [1.29, 1.82) is 0 Å². The monoisotopic (exact) mass is 342 g/mol. The number of hydrogen-bond acceptors (Lipinski definition) is 5. The van der Waals surface area contributed by atoms with Crippen molar-refractivity contribution in [3.8, 4) is 5.75 Å². The molecule has 0 aromatic heterocycles. The van der Waals surface area contributed by atoms with Gasteiger partial charge in [-0.15, -0.1) is 11.8 Å². The first-order chi connectivity index (χ1) is 11.5. The average Bonchev–Trinajstić information content (AvgIpc) is 2.60. The van der Waals surface area contributed by atoms with E-state index in [9.17, 15) is 4.79 Å². The molecule has 0 amide bonds. The van der Waals surface area contributed by atoms with E-state index in [0.29, 0.717) is 5.92 Å². The summed E-state index contributed by atoms with van der Waals surface area (Å²) in [5.41, 5.74) is 2.16. The second-order valence-corrected chi connectivity index (χ2v) is 6.85. The van der Waals surface area contributed by atoms with Crippen LogP contribution in [-0.4, -0.2) is 19.1 Å². The maximum atomic E-state index is 12.4. The average molecular weight is 342 g/mol. The Kier molecular flexibility index (Phi) is 6.44. The molecule has 2 N–H and O–H groups in total. The summed E-state index contributed by atoms with van der Waals surface area (Å²) in [6.07, 6.45) is 1.17. The molecular formula is C19H22N2O2S. The van der Waals surface area contributed by atoms with Crippen LogP contribution in [0.1, 0.15) is 36.1 Å². The molecule has 0 saturated carbocycles. The normalized spacial score (nSPS) is 12.5. The van der Waals surface area contributed by atoms with Crippen LogP contribution >= 0.6 is 11.8 Å². The Bertz CT molecular complexity index is 694. The molecule has 2 rings (SSSR count). The van der Waals surface area contributed by atoms with E-state index in [0.717, 1.165) is 16.2 Å². The molecule has 0 spiro atoms.